The summed E-state index contributed by atoms with van der Waals surface area (Å²) in [4.78, 5) is 17.9. The Bertz CT molecular complexity index is 548. The molecule has 0 atom stereocenters. The zero-order chi connectivity index (χ0) is 13.1. The van der Waals surface area contributed by atoms with Crippen molar-refractivity contribution in [3.63, 3.8) is 0 Å². The van der Waals surface area contributed by atoms with Gasteiger partial charge in [-0.2, -0.15) is 0 Å². The molecule has 2 rings (SSSR count). The summed E-state index contributed by atoms with van der Waals surface area (Å²) in [5.41, 5.74) is 0. The average Bonchev–Trinajstić information content (AvgIpc) is 2.78. The molecule has 94 valence electrons. The molecule has 2 aromatic heterocycles. The minimum Gasteiger partial charge on any atom is -0.488 e. The summed E-state index contributed by atoms with van der Waals surface area (Å²) in [5.74, 6) is 0.725. The zero-order valence-electron chi connectivity index (χ0n) is 9.86. The van der Waals surface area contributed by atoms with Crippen LogP contribution in [0.4, 0.5) is 5.88 Å². The summed E-state index contributed by atoms with van der Waals surface area (Å²) in [7, 11) is 0. The van der Waals surface area contributed by atoms with Gasteiger partial charge in [0.15, 0.2) is 17.3 Å². The maximum Gasteiger partial charge on any atom is 0.433 e. The van der Waals surface area contributed by atoms with Crippen molar-refractivity contribution >= 4 is 5.88 Å². The van der Waals surface area contributed by atoms with Crippen molar-refractivity contribution in [2.24, 2.45) is 0 Å². The van der Waals surface area contributed by atoms with E-state index < -0.39 is 4.92 Å². The fraction of sp³-hybridized carbons (Fsp3) is 0.273. The van der Waals surface area contributed by atoms with Crippen LogP contribution in [0.25, 0.3) is 11.6 Å². The minimum atomic E-state index is -0.611. The summed E-state index contributed by atoms with van der Waals surface area (Å²) < 4.78 is 10.4. The average molecular weight is 249 g/mol. The molecule has 0 amide bonds. The molecule has 2 aromatic rings. The Morgan fingerprint density at radius 1 is 1.33 bits per heavy atom. The molecule has 0 saturated carbocycles. The summed E-state index contributed by atoms with van der Waals surface area (Å²) >= 11 is 0. The van der Waals surface area contributed by atoms with E-state index >= 15 is 0 Å². The number of nitro groups is 1. The molecule has 0 fully saturated rings. The highest BCUT2D eigenvalue weighted by atomic mass is 16.6. The Morgan fingerprint density at radius 3 is 2.50 bits per heavy atom. The summed E-state index contributed by atoms with van der Waals surface area (Å²) in [6.07, 6.45) is 3.03. The predicted octanol–water partition coefficient (Wildman–Crippen LogP) is 2.43. The molecule has 0 aliphatic carbocycles. The first-order valence-corrected chi connectivity index (χ1v) is 5.29. The third kappa shape index (κ3) is 2.62. The van der Waals surface area contributed by atoms with Crippen LogP contribution >= 0.6 is 0 Å². The highest BCUT2D eigenvalue weighted by Gasteiger charge is 2.14. The number of rotatable bonds is 4. The van der Waals surface area contributed by atoms with E-state index in [1.54, 1.807) is 0 Å². The lowest BCUT2D eigenvalue weighted by Crippen LogP contribution is -2.06. The van der Waals surface area contributed by atoms with Crippen molar-refractivity contribution in [2.45, 2.75) is 20.0 Å². The predicted molar refractivity (Wildman–Crippen MR) is 62.2 cm³/mol. The molecule has 0 unspecified atom stereocenters. The van der Waals surface area contributed by atoms with E-state index in [0.29, 0.717) is 5.75 Å². The highest BCUT2D eigenvalue weighted by Crippen LogP contribution is 2.23. The molecule has 0 spiro atoms. The smallest absolute Gasteiger partial charge is 0.433 e. The van der Waals surface area contributed by atoms with Crippen LogP contribution in [-0.4, -0.2) is 21.0 Å². The summed E-state index contributed by atoms with van der Waals surface area (Å²) in [6.45, 7) is 3.79. The van der Waals surface area contributed by atoms with Gasteiger partial charge in [-0.05, 0) is 19.9 Å². The van der Waals surface area contributed by atoms with E-state index in [4.69, 9.17) is 9.15 Å². The molecule has 0 radical (unpaired) electrons. The van der Waals surface area contributed by atoms with Crippen LogP contribution in [-0.2, 0) is 0 Å². The zero-order valence-corrected chi connectivity index (χ0v) is 9.86. The minimum absolute atomic E-state index is 0.0316. The maximum absolute atomic E-state index is 10.5. The van der Waals surface area contributed by atoms with Gasteiger partial charge in [-0.15, -0.1) is 0 Å². The van der Waals surface area contributed by atoms with Crippen LogP contribution in [0.3, 0.4) is 0 Å². The highest BCUT2D eigenvalue weighted by molar-refractivity contribution is 5.48. The van der Waals surface area contributed by atoms with Gasteiger partial charge < -0.3 is 9.15 Å². The molecule has 0 saturated heterocycles. The van der Waals surface area contributed by atoms with Crippen LogP contribution in [0.5, 0.6) is 5.75 Å². The Hall–Kier alpha value is -2.44. The third-order valence-electron chi connectivity index (χ3n) is 1.99. The third-order valence-corrected chi connectivity index (χ3v) is 1.99. The lowest BCUT2D eigenvalue weighted by molar-refractivity contribution is -0.401. The van der Waals surface area contributed by atoms with Gasteiger partial charge in [0.2, 0.25) is 0 Å². The van der Waals surface area contributed by atoms with Crippen molar-refractivity contribution in [2.75, 3.05) is 0 Å². The van der Waals surface area contributed by atoms with Gasteiger partial charge in [-0.3, -0.25) is 10.1 Å². The molecule has 2 heterocycles. The quantitative estimate of drug-likeness (QED) is 0.610. The van der Waals surface area contributed by atoms with E-state index in [1.807, 2.05) is 13.8 Å². The molecule has 0 bridgehead atoms. The Balaban J connectivity index is 2.20. The number of hydrogen-bond donors (Lipinski definition) is 0. The SMILES string of the molecule is CC(C)Oc1cnc(-c2ccc([N+](=O)[O-])o2)nc1. The standard InChI is InChI=1S/C11H11N3O4/c1-7(2)17-8-5-12-11(13-6-8)9-3-4-10(18-9)14(15)16/h3-7H,1-2H3. The summed E-state index contributed by atoms with van der Waals surface area (Å²) in [5, 5.41) is 10.5. The second-order valence-corrected chi connectivity index (χ2v) is 3.80. The number of aromatic nitrogens is 2. The monoisotopic (exact) mass is 249 g/mol. The number of furan rings is 1. The van der Waals surface area contributed by atoms with Crippen LogP contribution in [0.15, 0.2) is 28.9 Å². The molecule has 7 nitrogen and oxygen atoms in total. The molecule has 7 heteroatoms. The van der Waals surface area contributed by atoms with Crippen molar-refractivity contribution in [3.05, 3.63) is 34.6 Å². The molecule has 0 aromatic carbocycles. The van der Waals surface area contributed by atoms with Crippen LogP contribution in [0.2, 0.25) is 0 Å². The van der Waals surface area contributed by atoms with Gasteiger partial charge in [0.05, 0.1) is 24.6 Å². The molecular formula is C11H11N3O4. The van der Waals surface area contributed by atoms with Crippen LogP contribution in [0, 0.1) is 10.1 Å². The first-order valence-electron chi connectivity index (χ1n) is 5.29. The fourth-order valence-electron chi connectivity index (χ4n) is 1.32. The largest absolute Gasteiger partial charge is 0.488 e. The lowest BCUT2D eigenvalue weighted by atomic mass is 10.4. The van der Waals surface area contributed by atoms with E-state index in [2.05, 4.69) is 9.97 Å². The molecular weight excluding hydrogens is 238 g/mol. The lowest BCUT2D eigenvalue weighted by Gasteiger charge is -2.08. The van der Waals surface area contributed by atoms with Gasteiger partial charge >= 0.3 is 5.88 Å². The Morgan fingerprint density at radius 2 is 2.00 bits per heavy atom. The summed E-state index contributed by atoms with van der Waals surface area (Å²) in [6, 6.07) is 2.72. The van der Waals surface area contributed by atoms with Crippen LogP contribution < -0.4 is 4.74 Å². The van der Waals surface area contributed by atoms with Gasteiger partial charge in [-0.25, -0.2) is 9.97 Å². The van der Waals surface area contributed by atoms with Crippen molar-refractivity contribution in [1.29, 1.82) is 0 Å². The Labute approximate surface area is 103 Å². The molecule has 18 heavy (non-hydrogen) atoms. The van der Waals surface area contributed by atoms with Gasteiger partial charge in [0, 0.05) is 0 Å². The molecule has 0 aliphatic heterocycles. The molecule has 0 N–H and O–H groups in total. The van der Waals surface area contributed by atoms with E-state index in [1.165, 1.54) is 24.5 Å². The van der Waals surface area contributed by atoms with Gasteiger partial charge in [0.1, 0.15) is 4.92 Å². The molecule has 0 aliphatic rings. The first-order chi connectivity index (χ1) is 8.56. The van der Waals surface area contributed by atoms with Crippen molar-refractivity contribution in [1.82, 2.24) is 9.97 Å². The van der Waals surface area contributed by atoms with Crippen molar-refractivity contribution in [3.8, 4) is 17.3 Å². The second kappa shape index (κ2) is 4.82. The fourth-order valence-corrected chi connectivity index (χ4v) is 1.32. The van der Waals surface area contributed by atoms with Gasteiger partial charge in [0.25, 0.3) is 0 Å². The van der Waals surface area contributed by atoms with Crippen molar-refractivity contribution < 1.29 is 14.1 Å². The van der Waals surface area contributed by atoms with E-state index in [-0.39, 0.29) is 23.6 Å². The maximum atomic E-state index is 10.5. The number of ether oxygens (including phenoxy) is 1. The van der Waals surface area contributed by atoms with Gasteiger partial charge in [-0.1, -0.05) is 0 Å². The normalized spacial score (nSPS) is 10.6. The first kappa shape index (κ1) is 12.0. The number of nitrogens with zero attached hydrogens (tertiary/aromatic N) is 3. The number of hydrogen-bond acceptors (Lipinski definition) is 6. The van der Waals surface area contributed by atoms with E-state index in [0.717, 1.165) is 0 Å². The second-order valence-electron chi connectivity index (χ2n) is 3.80. The van der Waals surface area contributed by atoms with E-state index in [9.17, 15) is 10.1 Å². The Kier molecular flexibility index (Phi) is 3.22. The van der Waals surface area contributed by atoms with Crippen LogP contribution in [0.1, 0.15) is 13.8 Å². The topological polar surface area (TPSA) is 91.3 Å².